The van der Waals surface area contributed by atoms with Crippen LogP contribution in [0.25, 0.3) is 0 Å². The van der Waals surface area contributed by atoms with Gasteiger partial charge in [0.25, 0.3) is 0 Å². The van der Waals surface area contributed by atoms with Gasteiger partial charge in [0.05, 0.1) is 29.7 Å². The Hall–Kier alpha value is -2.74. The van der Waals surface area contributed by atoms with Crippen molar-refractivity contribution < 1.29 is 28.5 Å². The monoisotopic (exact) mass is 581 g/mol. The van der Waals surface area contributed by atoms with Gasteiger partial charge in [0.1, 0.15) is 17.0 Å². The normalized spacial score (nSPS) is 23.6. The number of carbonyl (C=O) groups excluding carboxylic acids is 1. The second kappa shape index (κ2) is 12.6. The van der Waals surface area contributed by atoms with Gasteiger partial charge in [-0.25, -0.2) is 13.6 Å². The molecule has 1 heterocycles. The van der Waals surface area contributed by atoms with Gasteiger partial charge in [-0.05, 0) is 42.0 Å². The molecule has 5 atom stereocenters. The summed E-state index contributed by atoms with van der Waals surface area (Å²) in [6.07, 6.45) is -1.25. The zero-order valence-corrected chi connectivity index (χ0v) is 23.1. The molecule has 0 radical (unpaired) electrons. The Morgan fingerprint density at radius 2 is 2.08 bits per heavy atom. The molecule has 11 heteroatoms. The molecule has 2 aromatic carbocycles. The van der Waals surface area contributed by atoms with Crippen molar-refractivity contribution in [2.24, 2.45) is 5.41 Å². The molecule has 7 nitrogen and oxygen atoms in total. The molecule has 1 amide bonds. The van der Waals surface area contributed by atoms with Crippen LogP contribution in [0.1, 0.15) is 43.7 Å². The third-order valence-corrected chi connectivity index (χ3v) is 7.59. The summed E-state index contributed by atoms with van der Waals surface area (Å²) in [4.78, 5) is 12.8. The Morgan fingerprint density at radius 3 is 2.69 bits per heavy atom. The maximum atomic E-state index is 15.6. The number of hydrogen-bond donors (Lipinski definition) is 4. The van der Waals surface area contributed by atoms with Gasteiger partial charge in [0.2, 0.25) is 0 Å². The summed E-state index contributed by atoms with van der Waals surface area (Å²) < 4.78 is 36.8. The van der Waals surface area contributed by atoms with E-state index in [2.05, 4.69) is 23.3 Å². The standard InChI is InChI=1S/C28H31Cl2F2N3O4/c1-4-27(2,3)13-22-28(15-33,19-9-8-16(29)12-21(19)31)23(18-6-5-7-20(30)24(18)32)25(35-22)39-26(38)34-11-10-17(37)14-36/h4-9,12,17,22-23,25,35-37H,1,10-11,13-14H2,2-3H3,(H,34,38)/t17-,22-,23-,25+,28-/m0/s1. The number of alkyl carbamates (subject to hydrolysis) is 1. The molecule has 0 aliphatic carbocycles. The third-order valence-electron chi connectivity index (χ3n) is 7.06. The average molecular weight is 582 g/mol. The van der Waals surface area contributed by atoms with Gasteiger partial charge in [-0.15, -0.1) is 6.58 Å². The van der Waals surface area contributed by atoms with E-state index in [9.17, 15) is 15.2 Å². The first-order valence-electron chi connectivity index (χ1n) is 12.3. The molecule has 39 heavy (non-hydrogen) atoms. The minimum absolute atomic E-state index is 0.0222. The average Bonchev–Trinajstić information content (AvgIpc) is 3.17. The van der Waals surface area contributed by atoms with E-state index < -0.39 is 59.5 Å². The SMILES string of the molecule is C=CC(C)(C)C[C@@H]1N[C@H](OC(=O)NCC[C@H](O)CO)[C@H](c2cccc(Cl)c2F)[C@@]1(C#N)c1ccc(Cl)cc1F. The molecule has 0 unspecified atom stereocenters. The fraction of sp³-hybridized carbons (Fsp3) is 0.429. The number of benzene rings is 2. The summed E-state index contributed by atoms with van der Waals surface area (Å²) in [5, 5.41) is 34.8. The fourth-order valence-electron chi connectivity index (χ4n) is 4.96. The minimum Gasteiger partial charge on any atom is -0.430 e. The number of nitrogens with one attached hydrogen (secondary N) is 2. The third kappa shape index (κ3) is 6.53. The molecule has 1 saturated heterocycles. The van der Waals surface area contributed by atoms with Crippen LogP contribution in [0.2, 0.25) is 10.0 Å². The Bertz CT molecular complexity index is 1260. The number of nitriles is 1. The van der Waals surface area contributed by atoms with Gasteiger partial charge in [-0.3, -0.25) is 5.32 Å². The van der Waals surface area contributed by atoms with Crippen LogP contribution in [0, 0.1) is 28.4 Å². The molecule has 1 aliphatic rings. The molecular weight excluding hydrogens is 551 g/mol. The van der Waals surface area contributed by atoms with Crippen molar-refractivity contribution in [3.05, 3.63) is 81.9 Å². The predicted octanol–water partition coefficient (Wildman–Crippen LogP) is 5.19. The van der Waals surface area contributed by atoms with Crippen LogP contribution in [-0.2, 0) is 10.2 Å². The van der Waals surface area contributed by atoms with Gasteiger partial charge in [-0.2, -0.15) is 5.26 Å². The number of aliphatic hydroxyl groups is 2. The Balaban J connectivity index is 2.18. The highest BCUT2D eigenvalue weighted by Crippen LogP contribution is 2.53. The fourth-order valence-corrected chi connectivity index (χ4v) is 5.30. The zero-order valence-electron chi connectivity index (χ0n) is 21.6. The Labute approximate surface area is 236 Å². The van der Waals surface area contributed by atoms with Crippen LogP contribution in [0.15, 0.2) is 49.1 Å². The predicted molar refractivity (Wildman–Crippen MR) is 144 cm³/mol. The number of aliphatic hydroxyl groups excluding tert-OH is 2. The highest BCUT2D eigenvalue weighted by atomic mass is 35.5. The lowest BCUT2D eigenvalue weighted by molar-refractivity contribution is 0.0685. The number of nitrogens with zero attached hydrogens (tertiary/aromatic N) is 1. The smallest absolute Gasteiger partial charge is 0.408 e. The Morgan fingerprint density at radius 1 is 1.36 bits per heavy atom. The van der Waals surface area contributed by atoms with E-state index >= 15 is 8.78 Å². The maximum absolute atomic E-state index is 15.6. The van der Waals surface area contributed by atoms with Crippen LogP contribution in [0.4, 0.5) is 13.6 Å². The number of amides is 1. The molecule has 0 bridgehead atoms. The van der Waals surface area contributed by atoms with E-state index in [1.807, 2.05) is 13.8 Å². The Kier molecular flexibility index (Phi) is 9.97. The van der Waals surface area contributed by atoms with Gasteiger partial charge in [0, 0.05) is 23.2 Å². The van der Waals surface area contributed by atoms with E-state index in [4.69, 9.17) is 33.0 Å². The van der Waals surface area contributed by atoms with E-state index in [0.29, 0.717) is 0 Å². The lowest BCUT2D eigenvalue weighted by atomic mass is 9.63. The molecule has 0 aromatic heterocycles. The lowest BCUT2D eigenvalue weighted by Crippen LogP contribution is -2.45. The number of ether oxygens (including phenoxy) is 1. The maximum Gasteiger partial charge on any atom is 0.408 e. The molecule has 3 rings (SSSR count). The topological polar surface area (TPSA) is 115 Å². The van der Waals surface area contributed by atoms with E-state index in [0.717, 1.165) is 6.07 Å². The number of allylic oxidation sites excluding steroid dienone is 1. The summed E-state index contributed by atoms with van der Waals surface area (Å²) in [7, 11) is 0. The van der Waals surface area contributed by atoms with Crippen molar-refractivity contribution >= 4 is 29.3 Å². The first-order chi connectivity index (χ1) is 18.4. The molecule has 210 valence electrons. The number of hydrogen-bond acceptors (Lipinski definition) is 6. The summed E-state index contributed by atoms with van der Waals surface area (Å²) in [5.74, 6) is -2.84. The second-order valence-electron chi connectivity index (χ2n) is 10.2. The summed E-state index contributed by atoms with van der Waals surface area (Å²) in [6, 6.07) is 9.55. The first-order valence-corrected chi connectivity index (χ1v) is 13.1. The largest absolute Gasteiger partial charge is 0.430 e. The number of rotatable bonds is 10. The molecule has 2 aromatic rings. The van der Waals surface area contributed by atoms with Crippen LogP contribution in [0.5, 0.6) is 0 Å². The van der Waals surface area contributed by atoms with Crippen LogP contribution in [-0.4, -0.2) is 47.8 Å². The first kappa shape index (κ1) is 30.8. The van der Waals surface area contributed by atoms with Crippen molar-refractivity contribution in [3.63, 3.8) is 0 Å². The highest BCUT2D eigenvalue weighted by Gasteiger charge is 2.61. The quantitative estimate of drug-likeness (QED) is 0.287. The van der Waals surface area contributed by atoms with Crippen LogP contribution in [0.3, 0.4) is 0 Å². The van der Waals surface area contributed by atoms with Gasteiger partial charge < -0.3 is 20.3 Å². The molecule has 1 aliphatic heterocycles. The summed E-state index contributed by atoms with van der Waals surface area (Å²) >= 11 is 12.1. The number of halogens is 4. The van der Waals surface area contributed by atoms with E-state index in [1.165, 1.54) is 30.3 Å². The highest BCUT2D eigenvalue weighted by molar-refractivity contribution is 6.31. The number of carbonyl (C=O) groups is 1. The van der Waals surface area contributed by atoms with Gasteiger partial charge in [-0.1, -0.05) is 61.3 Å². The second-order valence-corrected chi connectivity index (χ2v) is 11.1. The van der Waals surface area contributed by atoms with Crippen molar-refractivity contribution in [1.29, 1.82) is 5.26 Å². The van der Waals surface area contributed by atoms with E-state index in [-0.39, 0.29) is 40.6 Å². The van der Waals surface area contributed by atoms with Crippen molar-refractivity contribution in [3.8, 4) is 6.07 Å². The lowest BCUT2D eigenvalue weighted by Gasteiger charge is -2.37. The van der Waals surface area contributed by atoms with E-state index in [1.54, 1.807) is 6.08 Å². The minimum atomic E-state index is -1.78. The van der Waals surface area contributed by atoms with Gasteiger partial charge >= 0.3 is 6.09 Å². The summed E-state index contributed by atoms with van der Waals surface area (Å²) in [6.45, 7) is 7.12. The molecule has 4 N–H and O–H groups in total. The molecule has 0 spiro atoms. The van der Waals surface area contributed by atoms with Gasteiger partial charge in [0.15, 0.2) is 6.23 Å². The molecular formula is C28H31Cl2F2N3O4. The summed E-state index contributed by atoms with van der Waals surface area (Å²) in [5.41, 5.74) is -2.43. The molecule has 1 fully saturated rings. The van der Waals surface area contributed by atoms with Crippen molar-refractivity contribution in [2.45, 2.75) is 56.4 Å². The van der Waals surface area contributed by atoms with Crippen LogP contribution < -0.4 is 10.6 Å². The zero-order chi connectivity index (χ0) is 29.0. The van der Waals surface area contributed by atoms with Crippen LogP contribution >= 0.6 is 23.2 Å². The van der Waals surface area contributed by atoms with Crippen molar-refractivity contribution in [2.75, 3.05) is 13.2 Å². The molecule has 0 saturated carbocycles. The van der Waals surface area contributed by atoms with Crippen molar-refractivity contribution in [1.82, 2.24) is 10.6 Å².